The number of benzene rings is 1. The Morgan fingerprint density at radius 1 is 1.40 bits per heavy atom. The van der Waals surface area contributed by atoms with Crippen LogP contribution >= 0.6 is 15.9 Å². The molecule has 20 heavy (non-hydrogen) atoms. The molecule has 0 aliphatic rings. The maximum absolute atomic E-state index is 13.1. The van der Waals surface area contributed by atoms with Crippen LogP contribution in [0, 0.1) is 5.82 Å². The van der Waals surface area contributed by atoms with Gasteiger partial charge in [0.1, 0.15) is 17.8 Å². The summed E-state index contributed by atoms with van der Waals surface area (Å²) in [6.07, 6.45) is 1.67. The van der Waals surface area contributed by atoms with Gasteiger partial charge in [-0.1, -0.05) is 0 Å². The summed E-state index contributed by atoms with van der Waals surface area (Å²) in [5, 5.41) is 3.30. The predicted molar refractivity (Wildman–Crippen MR) is 77.3 cm³/mol. The third-order valence-corrected chi connectivity index (χ3v) is 3.03. The van der Waals surface area contributed by atoms with Gasteiger partial charge in [-0.3, -0.25) is 0 Å². The van der Waals surface area contributed by atoms with E-state index in [1.807, 2.05) is 0 Å². The van der Waals surface area contributed by atoms with Gasteiger partial charge in [-0.2, -0.15) is 4.98 Å². The van der Waals surface area contributed by atoms with Gasteiger partial charge in [0.25, 0.3) is 0 Å². The van der Waals surface area contributed by atoms with E-state index in [2.05, 4.69) is 47.0 Å². The summed E-state index contributed by atoms with van der Waals surface area (Å²) in [6, 6.07) is 4.34. The van der Waals surface area contributed by atoms with Crippen LogP contribution < -0.4 is 10.1 Å². The Kier molecular flexibility index (Phi) is 4.45. The van der Waals surface area contributed by atoms with Gasteiger partial charge >= 0.3 is 6.08 Å². The summed E-state index contributed by atoms with van der Waals surface area (Å²) in [5.74, 6) is 0.107. The molecule has 0 fully saturated rings. The number of aromatic nitrogens is 1. The Morgan fingerprint density at radius 2 is 2.15 bits per heavy atom. The predicted octanol–water partition coefficient (Wildman–Crippen LogP) is 4.26. The van der Waals surface area contributed by atoms with Crippen molar-refractivity contribution in [3.8, 4) is 11.8 Å². The van der Waals surface area contributed by atoms with Crippen LogP contribution in [-0.4, -0.2) is 10.5 Å². The highest BCUT2D eigenvalue weighted by Gasteiger charge is 2.12. The molecule has 2 aromatic rings. The Balaban J connectivity index is 2.00. The lowest BCUT2D eigenvalue weighted by molar-refractivity contribution is 0.330. The monoisotopic (exact) mass is 342 g/mol. The fourth-order valence-corrected chi connectivity index (χ4v) is 1.77. The molecule has 6 heteroatoms. The van der Waals surface area contributed by atoms with Gasteiger partial charge < -0.3 is 14.5 Å². The molecule has 0 saturated carbocycles. The third-order valence-electron chi connectivity index (χ3n) is 2.43. The summed E-state index contributed by atoms with van der Waals surface area (Å²) in [6.45, 7) is 6.80. The molecule has 1 N–H and O–H groups in total. The van der Waals surface area contributed by atoms with Crippen LogP contribution in [0.1, 0.15) is 26.5 Å². The van der Waals surface area contributed by atoms with Gasteiger partial charge in [-0.05, 0) is 54.9 Å². The second-order valence-corrected chi connectivity index (χ2v) is 6.24. The quantitative estimate of drug-likeness (QED) is 0.901. The third kappa shape index (κ3) is 4.31. The summed E-state index contributed by atoms with van der Waals surface area (Å²) in [7, 11) is 0. The molecular formula is C14H16BrFN2O2. The average Bonchev–Trinajstić information content (AvgIpc) is 2.78. The molecule has 1 aromatic heterocycles. The molecule has 4 nitrogen and oxygen atoms in total. The Hall–Kier alpha value is -1.40. The highest BCUT2D eigenvalue weighted by Crippen LogP contribution is 2.26. The summed E-state index contributed by atoms with van der Waals surface area (Å²) >= 11 is 3.10. The molecule has 1 heterocycles. The Bertz CT molecular complexity index is 593. The lowest BCUT2D eigenvalue weighted by Gasteiger charge is -2.19. The lowest BCUT2D eigenvalue weighted by atomic mass is 10.1. The van der Waals surface area contributed by atoms with Crippen LogP contribution in [0.5, 0.6) is 11.8 Å². The van der Waals surface area contributed by atoms with Crippen LogP contribution in [0.3, 0.4) is 0 Å². The number of halogens is 2. The van der Waals surface area contributed by atoms with E-state index in [0.29, 0.717) is 16.8 Å². The number of ether oxygens (including phenoxy) is 1. The number of oxazole rings is 1. The maximum Gasteiger partial charge on any atom is 0.399 e. The van der Waals surface area contributed by atoms with E-state index in [0.717, 1.165) is 5.69 Å². The van der Waals surface area contributed by atoms with Gasteiger partial charge in [-0.15, -0.1) is 0 Å². The molecule has 0 saturated heterocycles. The van der Waals surface area contributed by atoms with Crippen LogP contribution in [0.4, 0.5) is 4.39 Å². The van der Waals surface area contributed by atoms with Crippen LogP contribution in [-0.2, 0) is 6.54 Å². The van der Waals surface area contributed by atoms with Gasteiger partial charge in [0.15, 0.2) is 0 Å². The summed E-state index contributed by atoms with van der Waals surface area (Å²) in [5.41, 5.74) is 0.748. The van der Waals surface area contributed by atoms with E-state index in [9.17, 15) is 4.39 Å². The number of nitrogens with one attached hydrogen (secondary N) is 1. The molecule has 0 amide bonds. The first kappa shape index (κ1) is 15.0. The number of hydrogen-bond donors (Lipinski definition) is 1. The first-order valence-corrected chi connectivity index (χ1v) is 6.95. The molecule has 0 aliphatic carbocycles. The smallest absolute Gasteiger partial charge is 0.399 e. The zero-order chi connectivity index (χ0) is 14.8. The largest absolute Gasteiger partial charge is 0.417 e. The molecule has 0 spiro atoms. The van der Waals surface area contributed by atoms with Gasteiger partial charge in [0, 0.05) is 12.1 Å². The van der Waals surface area contributed by atoms with Crippen molar-refractivity contribution >= 4 is 15.9 Å². The Labute approximate surface area is 125 Å². The topological polar surface area (TPSA) is 47.3 Å². The van der Waals surface area contributed by atoms with E-state index in [1.165, 1.54) is 24.5 Å². The fourth-order valence-electron chi connectivity index (χ4n) is 1.41. The maximum atomic E-state index is 13.1. The van der Waals surface area contributed by atoms with E-state index >= 15 is 0 Å². The molecule has 2 rings (SSSR count). The van der Waals surface area contributed by atoms with Crippen LogP contribution in [0.15, 0.2) is 33.4 Å². The average molecular weight is 343 g/mol. The van der Waals surface area contributed by atoms with E-state index in [4.69, 9.17) is 9.15 Å². The Morgan fingerprint density at radius 3 is 2.80 bits per heavy atom. The highest BCUT2D eigenvalue weighted by atomic mass is 79.9. The van der Waals surface area contributed by atoms with E-state index in [1.54, 1.807) is 0 Å². The zero-order valence-corrected chi connectivity index (χ0v) is 13.1. The number of nitrogens with zero attached hydrogens (tertiary/aromatic N) is 1. The minimum absolute atomic E-state index is 0.00178. The summed E-state index contributed by atoms with van der Waals surface area (Å²) < 4.78 is 24.1. The van der Waals surface area contributed by atoms with Crippen LogP contribution in [0.25, 0.3) is 0 Å². The van der Waals surface area contributed by atoms with Crippen molar-refractivity contribution in [3.63, 3.8) is 0 Å². The minimum atomic E-state index is -0.347. The molecule has 1 aromatic carbocycles. The molecule has 0 bridgehead atoms. The summed E-state index contributed by atoms with van der Waals surface area (Å²) in [4.78, 5) is 4.20. The van der Waals surface area contributed by atoms with Gasteiger partial charge in [0.05, 0.1) is 10.2 Å². The molecule has 0 aliphatic heterocycles. The van der Waals surface area contributed by atoms with Gasteiger partial charge in [-0.25, -0.2) is 4.39 Å². The van der Waals surface area contributed by atoms with E-state index < -0.39 is 0 Å². The van der Waals surface area contributed by atoms with Crippen LogP contribution in [0.2, 0.25) is 0 Å². The molecule has 0 atom stereocenters. The number of rotatable bonds is 4. The molecule has 108 valence electrons. The molecular weight excluding hydrogens is 327 g/mol. The highest BCUT2D eigenvalue weighted by molar-refractivity contribution is 9.10. The molecule has 0 unspecified atom stereocenters. The second-order valence-electron chi connectivity index (χ2n) is 5.39. The second kappa shape index (κ2) is 5.93. The zero-order valence-electron chi connectivity index (χ0n) is 11.5. The van der Waals surface area contributed by atoms with Crippen molar-refractivity contribution in [1.82, 2.24) is 10.3 Å². The van der Waals surface area contributed by atoms with Crippen molar-refractivity contribution in [2.45, 2.75) is 32.9 Å². The van der Waals surface area contributed by atoms with Gasteiger partial charge in [0.2, 0.25) is 0 Å². The van der Waals surface area contributed by atoms with Crippen molar-refractivity contribution in [2.75, 3.05) is 0 Å². The first-order valence-electron chi connectivity index (χ1n) is 6.16. The van der Waals surface area contributed by atoms with Crippen molar-refractivity contribution in [2.24, 2.45) is 0 Å². The molecule has 0 radical (unpaired) electrons. The fraction of sp³-hybridized carbons (Fsp3) is 0.357. The minimum Gasteiger partial charge on any atom is -0.417 e. The lowest BCUT2D eigenvalue weighted by Crippen LogP contribution is -2.35. The standard InChI is InChI=1S/C14H16BrFN2O2/c1-14(2,3)17-7-9-8-19-13(18-9)20-10-4-5-12(16)11(15)6-10/h4-6,8,17H,7H2,1-3H3. The van der Waals surface area contributed by atoms with Crippen molar-refractivity contribution < 1.29 is 13.5 Å². The SMILES string of the molecule is CC(C)(C)NCc1coc(Oc2ccc(F)c(Br)c2)n1. The van der Waals surface area contributed by atoms with E-state index in [-0.39, 0.29) is 17.4 Å². The number of hydrogen-bond acceptors (Lipinski definition) is 4. The van der Waals surface area contributed by atoms with Crippen molar-refractivity contribution in [1.29, 1.82) is 0 Å². The normalized spacial score (nSPS) is 11.7. The first-order chi connectivity index (χ1) is 9.33. The van der Waals surface area contributed by atoms with Crippen molar-refractivity contribution in [3.05, 3.63) is 40.4 Å².